The molecule has 3 heterocycles. The maximum atomic E-state index is 14.3. The Morgan fingerprint density at radius 3 is 2.56 bits per heavy atom. The molecular formula is C28H31FN6O. The number of carbonyl (C=O) groups excluding carboxylic acids is 1. The van der Waals surface area contributed by atoms with Crippen LogP contribution in [-0.2, 0) is 0 Å². The van der Waals surface area contributed by atoms with Gasteiger partial charge in [-0.1, -0.05) is 50.6 Å². The highest BCUT2D eigenvalue weighted by Gasteiger charge is 2.26. The van der Waals surface area contributed by atoms with Crippen LogP contribution in [0.25, 0.3) is 16.7 Å². The molecule has 1 unspecified atom stereocenters. The number of carbonyl (C=O) groups is 1. The van der Waals surface area contributed by atoms with E-state index in [1.807, 2.05) is 41.2 Å². The topological polar surface area (TPSA) is 67.2 Å². The third kappa shape index (κ3) is 4.67. The molecule has 0 radical (unpaired) electrons. The first kappa shape index (κ1) is 23.9. The number of anilines is 1. The van der Waals surface area contributed by atoms with Crippen molar-refractivity contribution in [2.75, 3.05) is 31.1 Å². The van der Waals surface area contributed by atoms with Gasteiger partial charge in [0.2, 0.25) is 0 Å². The molecule has 36 heavy (non-hydrogen) atoms. The van der Waals surface area contributed by atoms with Gasteiger partial charge in [-0.15, -0.1) is 0 Å². The predicted molar refractivity (Wildman–Crippen MR) is 139 cm³/mol. The van der Waals surface area contributed by atoms with E-state index in [1.165, 1.54) is 6.07 Å². The molecule has 0 aliphatic carbocycles. The molecule has 1 aliphatic heterocycles. The summed E-state index contributed by atoms with van der Waals surface area (Å²) in [6.45, 7) is 6.73. The molecule has 7 nitrogen and oxygen atoms in total. The Bertz CT molecular complexity index is 1350. The van der Waals surface area contributed by atoms with Crippen LogP contribution in [0.3, 0.4) is 0 Å². The summed E-state index contributed by atoms with van der Waals surface area (Å²) < 4.78 is 16.1. The van der Waals surface area contributed by atoms with Gasteiger partial charge >= 0.3 is 0 Å². The second-order valence-electron chi connectivity index (χ2n) is 9.34. The molecule has 0 bridgehead atoms. The van der Waals surface area contributed by atoms with Gasteiger partial charge in [-0.25, -0.2) is 19.0 Å². The number of rotatable bonds is 6. The number of hydrogen-bond acceptors (Lipinski definition) is 5. The summed E-state index contributed by atoms with van der Waals surface area (Å²) in [6, 6.07) is 16.2. The molecule has 8 heteroatoms. The summed E-state index contributed by atoms with van der Waals surface area (Å²) in [5, 5.41) is 5.55. The maximum absolute atomic E-state index is 14.3. The Morgan fingerprint density at radius 2 is 1.78 bits per heavy atom. The Kier molecular flexibility index (Phi) is 6.93. The Hall–Kier alpha value is -3.81. The molecular weight excluding hydrogens is 455 g/mol. The lowest BCUT2D eigenvalue weighted by molar-refractivity contribution is 0.0762. The lowest BCUT2D eigenvalue weighted by Crippen LogP contribution is -2.36. The summed E-state index contributed by atoms with van der Waals surface area (Å²) >= 11 is 0. The van der Waals surface area contributed by atoms with Crippen LogP contribution in [0.4, 0.5) is 10.2 Å². The number of hydrogen-bond donors (Lipinski definition) is 0. The van der Waals surface area contributed by atoms with Crippen LogP contribution in [0.15, 0.2) is 60.8 Å². The van der Waals surface area contributed by atoms with Crippen LogP contribution in [0.5, 0.6) is 0 Å². The molecule has 1 fully saturated rings. The molecule has 2 aromatic heterocycles. The molecule has 0 spiro atoms. The van der Waals surface area contributed by atoms with Crippen molar-refractivity contribution in [3.63, 3.8) is 0 Å². The zero-order valence-electron chi connectivity index (χ0n) is 20.8. The van der Waals surface area contributed by atoms with E-state index in [0.29, 0.717) is 19.6 Å². The highest BCUT2D eigenvalue weighted by Crippen LogP contribution is 2.30. The Morgan fingerprint density at radius 1 is 1.00 bits per heavy atom. The average molecular weight is 487 g/mol. The van der Waals surface area contributed by atoms with E-state index in [9.17, 15) is 9.18 Å². The van der Waals surface area contributed by atoms with Gasteiger partial charge in [-0.2, -0.15) is 5.10 Å². The molecule has 2 aromatic carbocycles. The molecule has 0 N–H and O–H groups in total. The standard InChI is InChI=1S/C28H31FN6O/c1-3-10-20(2)25-31-26(23-19-30-35(27(23)32-25)21-11-5-4-6-12-21)33-15-9-16-34(18-17-33)28(36)22-13-7-8-14-24(22)29/h4-8,11-14,19-20H,3,9-10,15-18H2,1-2H3. The zero-order valence-corrected chi connectivity index (χ0v) is 20.8. The van der Waals surface area contributed by atoms with E-state index in [0.717, 1.165) is 54.2 Å². The molecule has 1 amide bonds. The quantitative estimate of drug-likeness (QED) is 0.374. The van der Waals surface area contributed by atoms with Crippen LogP contribution >= 0.6 is 0 Å². The van der Waals surface area contributed by atoms with Crippen molar-refractivity contribution in [1.29, 1.82) is 0 Å². The highest BCUT2D eigenvalue weighted by molar-refractivity contribution is 5.94. The molecule has 0 saturated carbocycles. The fourth-order valence-corrected chi connectivity index (χ4v) is 4.83. The van der Waals surface area contributed by atoms with Crippen LogP contribution in [0, 0.1) is 5.82 Å². The lowest BCUT2D eigenvalue weighted by atomic mass is 10.1. The first-order valence-corrected chi connectivity index (χ1v) is 12.7. The molecule has 1 aliphatic rings. The van der Waals surface area contributed by atoms with E-state index < -0.39 is 5.82 Å². The predicted octanol–water partition coefficient (Wildman–Crippen LogP) is 5.21. The van der Waals surface area contributed by atoms with E-state index in [-0.39, 0.29) is 17.4 Å². The minimum atomic E-state index is -0.482. The smallest absolute Gasteiger partial charge is 0.256 e. The second-order valence-corrected chi connectivity index (χ2v) is 9.34. The van der Waals surface area contributed by atoms with E-state index in [1.54, 1.807) is 23.1 Å². The van der Waals surface area contributed by atoms with Crippen molar-refractivity contribution in [2.24, 2.45) is 0 Å². The van der Waals surface area contributed by atoms with Crippen molar-refractivity contribution < 1.29 is 9.18 Å². The van der Waals surface area contributed by atoms with Crippen LogP contribution in [0.2, 0.25) is 0 Å². The second kappa shape index (κ2) is 10.4. The van der Waals surface area contributed by atoms with Crippen molar-refractivity contribution in [1.82, 2.24) is 24.6 Å². The number of halogens is 1. The molecule has 4 aromatic rings. The monoisotopic (exact) mass is 486 g/mol. The molecule has 1 saturated heterocycles. The van der Waals surface area contributed by atoms with Crippen molar-refractivity contribution >= 4 is 22.8 Å². The minimum absolute atomic E-state index is 0.121. The minimum Gasteiger partial charge on any atom is -0.354 e. The summed E-state index contributed by atoms with van der Waals surface area (Å²) in [5.41, 5.74) is 1.85. The first-order chi connectivity index (χ1) is 17.6. The Labute approximate surface area is 210 Å². The molecule has 5 rings (SSSR count). The van der Waals surface area contributed by atoms with Gasteiger partial charge in [0.05, 0.1) is 22.8 Å². The summed E-state index contributed by atoms with van der Waals surface area (Å²) in [6.07, 6.45) is 4.64. The van der Waals surface area contributed by atoms with E-state index >= 15 is 0 Å². The summed E-state index contributed by atoms with van der Waals surface area (Å²) in [5.74, 6) is 1.12. The van der Waals surface area contributed by atoms with Crippen molar-refractivity contribution in [2.45, 2.75) is 39.0 Å². The van der Waals surface area contributed by atoms with Gasteiger partial charge in [0.25, 0.3) is 5.91 Å². The highest BCUT2D eigenvalue weighted by atomic mass is 19.1. The third-order valence-corrected chi connectivity index (χ3v) is 6.78. The van der Waals surface area contributed by atoms with Crippen LogP contribution < -0.4 is 4.90 Å². The maximum Gasteiger partial charge on any atom is 0.256 e. The molecule has 186 valence electrons. The SMILES string of the molecule is CCCC(C)c1nc(N2CCCN(C(=O)c3ccccc3F)CC2)c2cnn(-c3ccccc3)c2n1. The normalized spacial score (nSPS) is 15.2. The van der Waals surface area contributed by atoms with Crippen molar-refractivity contribution in [3.05, 3.63) is 78.0 Å². The third-order valence-electron chi connectivity index (χ3n) is 6.78. The largest absolute Gasteiger partial charge is 0.354 e. The van der Waals surface area contributed by atoms with E-state index in [4.69, 9.17) is 9.97 Å². The van der Waals surface area contributed by atoms with Gasteiger partial charge in [-0.3, -0.25) is 4.79 Å². The van der Waals surface area contributed by atoms with Gasteiger partial charge in [-0.05, 0) is 37.1 Å². The number of aromatic nitrogens is 4. The van der Waals surface area contributed by atoms with Gasteiger partial charge in [0.1, 0.15) is 17.5 Å². The lowest BCUT2D eigenvalue weighted by Gasteiger charge is -2.24. The average Bonchev–Trinajstić information content (AvgIpc) is 3.18. The first-order valence-electron chi connectivity index (χ1n) is 12.7. The Balaban J connectivity index is 1.49. The molecule has 1 atom stereocenters. The van der Waals surface area contributed by atoms with Crippen molar-refractivity contribution in [3.8, 4) is 5.69 Å². The number of para-hydroxylation sites is 1. The zero-order chi connectivity index (χ0) is 25.1. The number of nitrogens with zero attached hydrogens (tertiary/aromatic N) is 6. The van der Waals surface area contributed by atoms with Gasteiger partial charge in [0.15, 0.2) is 5.65 Å². The number of benzene rings is 2. The van der Waals surface area contributed by atoms with Gasteiger partial charge < -0.3 is 9.80 Å². The fourth-order valence-electron chi connectivity index (χ4n) is 4.83. The van der Waals surface area contributed by atoms with Gasteiger partial charge in [0, 0.05) is 32.1 Å². The van der Waals surface area contributed by atoms with Crippen LogP contribution in [-0.4, -0.2) is 56.7 Å². The van der Waals surface area contributed by atoms with Crippen LogP contribution in [0.1, 0.15) is 55.2 Å². The number of fused-ring (bicyclic) bond motifs is 1. The summed E-state index contributed by atoms with van der Waals surface area (Å²) in [7, 11) is 0. The van der Waals surface area contributed by atoms with E-state index in [2.05, 4.69) is 23.8 Å². The fraction of sp³-hybridized carbons (Fsp3) is 0.357. The number of amides is 1. The summed E-state index contributed by atoms with van der Waals surface area (Å²) in [4.78, 5) is 27.0.